The first-order valence-electron chi connectivity index (χ1n) is 10.3. The number of piperazine rings is 1. The van der Waals surface area contributed by atoms with E-state index in [9.17, 15) is 13.2 Å². The van der Waals surface area contributed by atoms with E-state index in [-0.39, 0.29) is 22.3 Å². The minimum atomic E-state index is -3.54. The minimum absolute atomic E-state index is 0.112. The fraction of sp³-hybridized carbons (Fsp3) is 0.500. The molecule has 0 bridgehead atoms. The van der Waals surface area contributed by atoms with Crippen LogP contribution in [0.15, 0.2) is 35.2 Å². The van der Waals surface area contributed by atoms with Gasteiger partial charge < -0.3 is 9.80 Å². The first-order chi connectivity index (χ1) is 14.1. The molecular weight excluding hydrogens is 400 g/mol. The van der Waals surface area contributed by atoms with Gasteiger partial charge in [-0.1, -0.05) is 26.0 Å². The first-order valence-corrected chi connectivity index (χ1v) is 11.9. The Morgan fingerprint density at radius 2 is 1.63 bits per heavy atom. The molecule has 2 heterocycles. The molecule has 0 unspecified atom stereocenters. The highest BCUT2D eigenvalue weighted by Crippen LogP contribution is 2.24. The molecule has 30 heavy (non-hydrogen) atoms. The van der Waals surface area contributed by atoms with Gasteiger partial charge in [0.25, 0.3) is 5.91 Å². The van der Waals surface area contributed by atoms with Crippen LogP contribution in [0, 0.1) is 6.92 Å². The van der Waals surface area contributed by atoms with Gasteiger partial charge in [0.1, 0.15) is 11.6 Å². The van der Waals surface area contributed by atoms with Crippen LogP contribution in [0.5, 0.6) is 0 Å². The van der Waals surface area contributed by atoms with Crippen LogP contribution in [0.4, 0.5) is 5.82 Å². The molecule has 8 heteroatoms. The number of carbonyl (C=O) groups excluding carboxylic acids is 1. The highest BCUT2D eigenvalue weighted by atomic mass is 32.2. The van der Waals surface area contributed by atoms with Crippen LogP contribution in [0.25, 0.3) is 0 Å². The van der Waals surface area contributed by atoms with Crippen LogP contribution in [-0.4, -0.2) is 60.6 Å². The van der Waals surface area contributed by atoms with Gasteiger partial charge >= 0.3 is 0 Å². The lowest BCUT2D eigenvalue weighted by molar-refractivity contribution is 0.0742. The van der Waals surface area contributed by atoms with Crippen LogP contribution in [-0.2, 0) is 9.84 Å². The number of rotatable bonds is 5. The van der Waals surface area contributed by atoms with E-state index in [2.05, 4.69) is 28.7 Å². The lowest BCUT2D eigenvalue weighted by atomic mass is 10.1. The van der Waals surface area contributed by atoms with E-state index in [0.29, 0.717) is 26.2 Å². The zero-order valence-corrected chi connectivity index (χ0v) is 19.1. The Labute approximate surface area is 179 Å². The number of anilines is 1. The van der Waals surface area contributed by atoms with E-state index in [4.69, 9.17) is 0 Å². The van der Waals surface area contributed by atoms with Crippen LogP contribution in [0.2, 0.25) is 0 Å². The summed E-state index contributed by atoms with van der Waals surface area (Å²) in [5, 5.41) is -0.584. The van der Waals surface area contributed by atoms with Gasteiger partial charge in [-0.2, -0.15) is 0 Å². The van der Waals surface area contributed by atoms with Crippen molar-refractivity contribution < 1.29 is 13.2 Å². The lowest BCUT2D eigenvalue weighted by Gasteiger charge is -2.36. The van der Waals surface area contributed by atoms with Crippen LogP contribution < -0.4 is 4.90 Å². The zero-order valence-electron chi connectivity index (χ0n) is 18.3. The Balaban J connectivity index is 1.78. The summed E-state index contributed by atoms with van der Waals surface area (Å²) in [4.78, 5) is 26.3. The molecule has 0 N–H and O–H groups in total. The van der Waals surface area contributed by atoms with Crippen molar-refractivity contribution in [3.63, 3.8) is 0 Å². The number of hydrogen-bond donors (Lipinski definition) is 0. The average molecular weight is 431 g/mol. The quantitative estimate of drug-likeness (QED) is 0.725. The summed E-state index contributed by atoms with van der Waals surface area (Å²) in [5.41, 5.74) is 1.18. The molecule has 1 aliphatic heterocycles. The third-order valence-corrected chi connectivity index (χ3v) is 7.52. The first kappa shape index (κ1) is 22.2. The summed E-state index contributed by atoms with van der Waals surface area (Å²) in [5.74, 6) is 1.69. The molecule has 1 fully saturated rings. The summed E-state index contributed by atoms with van der Waals surface area (Å²) < 4.78 is 25.4. The van der Waals surface area contributed by atoms with Gasteiger partial charge in [0.05, 0.1) is 15.7 Å². The Kier molecular flexibility index (Phi) is 6.45. The topological polar surface area (TPSA) is 83.5 Å². The van der Waals surface area contributed by atoms with Gasteiger partial charge in [0, 0.05) is 43.9 Å². The second kappa shape index (κ2) is 8.71. The molecule has 7 nitrogen and oxygen atoms in total. The standard InChI is InChI=1S/C22H30N4O3S/c1-15(2)21-23-17(5)14-20(24-21)25-10-12-26(13-11-25)22(27)18-8-6-7-9-19(18)30(28,29)16(3)4/h6-9,14-16H,10-13H2,1-5H3. The Morgan fingerprint density at radius 1 is 1.00 bits per heavy atom. The van der Waals surface area contributed by atoms with E-state index in [1.165, 1.54) is 6.07 Å². The summed E-state index contributed by atoms with van der Waals surface area (Å²) in [6, 6.07) is 8.46. The molecule has 1 aliphatic rings. The molecular formula is C22H30N4O3S. The number of benzene rings is 1. The highest BCUT2D eigenvalue weighted by molar-refractivity contribution is 7.92. The van der Waals surface area contributed by atoms with E-state index in [1.54, 1.807) is 36.9 Å². The van der Waals surface area contributed by atoms with Gasteiger partial charge in [-0.05, 0) is 32.9 Å². The summed E-state index contributed by atoms with van der Waals surface area (Å²) in [6.07, 6.45) is 0. The van der Waals surface area contributed by atoms with E-state index < -0.39 is 15.1 Å². The molecule has 0 aliphatic carbocycles. The number of sulfone groups is 1. The Hall–Kier alpha value is -2.48. The highest BCUT2D eigenvalue weighted by Gasteiger charge is 2.29. The van der Waals surface area contributed by atoms with Gasteiger partial charge in [-0.3, -0.25) is 4.79 Å². The maximum atomic E-state index is 13.1. The number of nitrogens with zero attached hydrogens (tertiary/aromatic N) is 4. The molecule has 3 rings (SSSR count). The van der Waals surface area contributed by atoms with Gasteiger partial charge in [-0.25, -0.2) is 18.4 Å². The maximum absolute atomic E-state index is 13.1. The number of aryl methyl sites for hydroxylation is 1. The Morgan fingerprint density at radius 3 is 2.23 bits per heavy atom. The fourth-order valence-corrected chi connectivity index (χ4v) is 4.69. The molecule has 1 aromatic carbocycles. The normalized spacial score (nSPS) is 15.2. The van der Waals surface area contributed by atoms with Crippen molar-refractivity contribution in [1.82, 2.24) is 14.9 Å². The molecule has 1 amide bonds. The number of carbonyl (C=O) groups is 1. The van der Waals surface area contributed by atoms with Crippen molar-refractivity contribution in [2.45, 2.75) is 50.7 Å². The van der Waals surface area contributed by atoms with Crippen molar-refractivity contribution in [2.75, 3.05) is 31.1 Å². The van der Waals surface area contributed by atoms with E-state index in [1.807, 2.05) is 13.0 Å². The molecule has 0 spiro atoms. The van der Waals surface area contributed by atoms with Crippen LogP contribution in [0.1, 0.15) is 55.5 Å². The summed E-state index contributed by atoms with van der Waals surface area (Å²) >= 11 is 0. The molecule has 1 saturated heterocycles. The third-order valence-electron chi connectivity index (χ3n) is 5.31. The minimum Gasteiger partial charge on any atom is -0.353 e. The van der Waals surface area contributed by atoms with Crippen molar-refractivity contribution >= 4 is 21.6 Å². The van der Waals surface area contributed by atoms with Crippen molar-refractivity contribution in [2.24, 2.45) is 0 Å². The van der Waals surface area contributed by atoms with Gasteiger partial charge in [0.2, 0.25) is 0 Å². The molecule has 2 aromatic rings. The molecule has 162 valence electrons. The summed E-state index contributed by atoms with van der Waals surface area (Å²) in [7, 11) is -3.54. The smallest absolute Gasteiger partial charge is 0.255 e. The van der Waals surface area contributed by atoms with Crippen molar-refractivity contribution in [1.29, 1.82) is 0 Å². The molecule has 0 saturated carbocycles. The lowest BCUT2D eigenvalue weighted by Crippen LogP contribution is -2.49. The molecule has 0 atom stereocenters. The SMILES string of the molecule is Cc1cc(N2CCN(C(=O)c3ccccc3S(=O)(=O)C(C)C)CC2)nc(C(C)C)n1. The van der Waals surface area contributed by atoms with Gasteiger partial charge in [-0.15, -0.1) is 0 Å². The summed E-state index contributed by atoms with van der Waals surface area (Å²) in [6.45, 7) is 11.6. The second-order valence-corrected chi connectivity index (χ2v) is 10.7. The largest absolute Gasteiger partial charge is 0.353 e. The van der Waals surface area contributed by atoms with Crippen molar-refractivity contribution in [3.8, 4) is 0 Å². The zero-order chi connectivity index (χ0) is 22.1. The van der Waals surface area contributed by atoms with E-state index >= 15 is 0 Å². The number of hydrogen-bond acceptors (Lipinski definition) is 6. The fourth-order valence-electron chi connectivity index (χ4n) is 3.45. The number of amides is 1. The predicted molar refractivity (Wildman–Crippen MR) is 118 cm³/mol. The Bertz CT molecular complexity index is 1030. The van der Waals surface area contributed by atoms with E-state index in [0.717, 1.165) is 17.3 Å². The van der Waals surface area contributed by atoms with Crippen molar-refractivity contribution in [3.05, 3.63) is 47.4 Å². The van der Waals surface area contributed by atoms with Crippen LogP contribution in [0.3, 0.4) is 0 Å². The monoisotopic (exact) mass is 430 g/mol. The van der Waals surface area contributed by atoms with Gasteiger partial charge in [0.15, 0.2) is 9.84 Å². The predicted octanol–water partition coefficient (Wildman–Crippen LogP) is 3.05. The average Bonchev–Trinajstić information content (AvgIpc) is 2.72. The van der Waals surface area contributed by atoms with Crippen LogP contribution >= 0.6 is 0 Å². The molecule has 0 radical (unpaired) electrons. The number of aromatic nitrogens is 2. The third kappa shape index (κ3) is 4.48. The molecule has 1 aromatic heterocycles. The second-order valence-electron chi connectivity index (χ2n) is 8.25. The maximum Gasteiger partial charge on any atom is 0.255 e.